The summed E-state index contributed by atoms with van der Waals surface area (Å²) >= 11 is 0. The van der Waals surface area contributed by atoms with E-state index in [9.17, 15) is 9.90 Å². The molecule has 0 radical (unpaired) electrons. The van der Waals surface area contributed by atoms with E-state index in [2.05, 4.69) is 20.8 Å². The van der Waals surface area contributed by atoms with Crippen molar-refractivity contribution in [3.05, 3.63) is 29.8 Å². The Balaban J connectivity index is 1.94. The summed E-state index contributed by atoms with van der Waals surface area (Å²) < 4.78 is 5.78. The van der Waals surface area contributed by atoms with Crippen LogP contribution in [0.2, 0.25) is 0 Å². The molecule has 1 aromatic carbocycles. The number of carbonyl (C=O) groups excluding carboxylic acids is 1. The van der Waals surface area contributed by atoms with E-state index in [1.807, 2.05) is 0 Å². The molecule has 4 heteroatoms. The topological polar surface area (TPSA) is 72.5 Å². The first-order valence-corrected chi connectivity index (χ1v) is 8.60. The summed E-state index contributed by atoms with van der Waals surface area (Å²) in [6, 6.07) is 6.10. The van der Waals surface area contributed by atoms with Crippen molar-refractivity contribution in [3.8, 4) is 5.75 Å². The van der Waals surface area contributed by atoms with Gasteiger partial charge in [0.05, 0.1) is 0 Å². The summed E-state index contributed by atoms with van der Waals surface area (Å²) in [4.78, 5) is 12.4. The smallest absolute Gasteiger partial charge is 0.323 e. The highest BCUT2D eigenvalue weighted by Gasteiger charge is 2.34. The predicted molar refractivity (Wildman–Crippen MR) is 91.0 cm³/mol. The first-order valence-electron chi connectivity index (χ1n) is 8.60. The number of benzene rings is 1. The predicted octanol–water partition coefficient (Wildman–Crippen LogP) is 3.27. The zero-order valence-corrected chi connectivity index (χ0v) is 14.4. The van der Waals surface area contributed by atoms with E-state index < -0.39 is 6.04 Å². The molecule has 128 valence electrons. The van der Waals surface area contributed by atoms with E-state index in [1.54, 1.807) is 24.3 Å². The maximum absolute atomic E-state index is 12.4. The van der Waals surface area contributed by atoms with E-state index in [1.165, 1.54) is 6.42 Å². The third kappa shape index (κ3) is 4.96. The summed E-state index contributed by atoms with van der Waals surface area (Å²) in [5.74, 6) is 1.42. The average molecular weight is 319 g/mol. The second-order valence-electron chi connectivity index (χ2n) is 7.28. The highest BCUT2D eigenvalue weighted by Crippen LogP contribution is 2.35. The number of hydrogen-bond acceptors (Lipinski definition) is 4. The molecule has 0 amide bonds. The number of rotatable bonds is 5. The van der Waals surface area contributed by atoms with Crippen molar-refractivity contribution in [1.29, 1.82) is 0 Å². The number of phenolic OH excluding ortho intramolecular Hbond substituents is 1. The molecule has 3 N–H and O–H groups in total. The Bertz CT molecular complexity index is 512. The number of esters is 1. The molecule has 1 fully saturated rings. The third-order valence-electron chi connectivity index (χ3n) is 4.92. The highest BCUT2D eigenvalue weighted by molar-refractivity contribution is 5.76. The van der Waals surface area contributed by atoms with Gasteiger partial charge in [0.2, 0.25) is 0 Å². The molecule has 4 atom stereocenters. The first kappa shape index (κ1) is 17.8. The fourth-order valence-electron chi connectivity index (χ4n) is 3.46. The lowest BCUT2D eigenvalue weighted by Crippen LogP contribution is -2.41. The number of phenols is 1. The molecule has 0 heterocycles. The van der Waals surface area contributed by atoms with Crippen LogP contribution in [-0.2, 0) is 16.0 Å². The second-order valence-corrected chi connectivity index (χ2v) is 7.28. The van der Waals surface area contributed by atoms with Crippen molar-refractivity contribution in [1.82, 2.24) is 0 Å². The van der Waals surface area contributed by atoms with Crippen LogP contribution in [0.5, 0.6) is 5.75 Å². The van der Waals surface area contributed by atoms with Gasteiger partial charge in [-0.25, -0.2) is 0 Å². The molecule has 1 saturated carbocycles. The van der Waals surface area contributed by atoms with Crippen LogP contribution in [0.25, 0.3) is 0 Å². The minimum atomic E-state index is -0.662. The van der Waals surface area contributed by atoms with E-state index in [0.29, 0.717) is 24.2 Å². The lowest BCUT2D eigenvalue weighted by atomic mass is 9.75. The Morgan fingerprint density at radius 1 is 1.30 bits per heavy atom. The molecule has 1 aliphatic carbocycles. The number of aromatic hydroxyl groups is 1. The van der Waals surface area contributed by atoms with Gasteiger partial charge in [0.1, 0.15) is 17.9 Å². The average Bonchev–Trinajstić information content (AvgIpc) is 2.49. The van der Waals surface area contributed by atoms with Gasteiger partial charge in [-0.3, -0.25) is 4.79 Å². The summed E-state index contributed by atoms with van der Waals surface area (Å²) in [6.45, 7) is 6.60. The van der Waals surface area contributed by atoms with Gasteiger partial charge in [-0.05, 0) is 54.7 Å². The minimum absolute atomic E-state index is 0.0166. The van der Waals surface area contributed by atoms with Crippen LogP contribution in [0, 0.1) is 17.8 Å². The normalized spacial score (nSPS) is 26.0. The molecule has 0 aliphatic heterocycles. The number of hydrogen-bond donors (Lipinski definition) is 2. The van der Waals surface area contributed by atoms with Gasteiger partial charge in [0.25, 0.3) is 0 Å². The van der Waals surface area contributed by atoms with Crippen molar-refractivity contribution in [3.63, 3.8) is 0 Å². The molecular weight excluding hydrogens is 290 g/mol. The van der Waals surface area contributed by atoms with Crippen LogP contribution in [0.3, 0.4) is 0 Å². The van der Waals surface area contributed by atoms with Crippen LogP contribution in [0.1, 0.15) is 45.6 Å². The van der Waals surface area contributed by atoms with Gasteiger partial charge in [0, 0.05) is 0 Å². The SMILES string of the molecule is CC1CCC(C(C)C)C(OC(=O)[C@@H](N)Cc2ccc(O)cc2)C1. The van der Waals surface area contributed by atoms with E-state index >= 15 is 0 Å². The van der Waals surface area contributed by atoms with Gasteiger partial charge >= 0.3 is 5.97 Å². The molecule has 0 bridgehead atoms. The van der Waals surface area contributed by atoms with Gasteiger partial charge < -0.3 is 15.6 Å². The molecule has 0 saturated heterocycles. The quantitative estimate of drug-likeness (QED) is 0.817. The molecule has 23 heavy (non-hydrogen) atoms. The monoisotopic (exact) mass is 319 g/mol. The Labute approximate surface area is 139 Å². The zero-order valence-electron chi connectivity index (χ0n) is 14.4. The fraction of sp³-hybridized carbons (Fsp3) is 0.632. The van der Waals surface area contributed by atoms with Crippen LogP contribution in [0.4, 0.5) is 0 Å². The Morgan fingerprint density at radius 3 is 2.57 bits per heavy atom. The van der Waals surface area contributed by atoms with Crippen molar-refractivity contribution in [2.45, 2.75) is 58.6 Å². The van der Waals surface area contributed by atoms with Crippen molar-refractivity contribution in [2.24, 2.45) is 23.5 Å². The largest absolute Gasteiger partial charge is 0.508 e. The van der Waals surface area contributed by atoms with E-state index in [4.69, 9.17) is 10.5 Å². The van der Waals surface area contributed by atoms with E-state index in [0.717, 1.165) is 18.4 Å². The van der Waals surface area contributed by atoms with E-state index in [-0.39, 0.29) is 17.8 Å². The molecule has 2 rings (SSSR count). The molecule has 4 nitrogen and oxygen atoms in total. The summed E-state index contributed by atoms with van der Waals surface area (Å²) in [6.07, 6.45) is 3.66. The Morgan fingerprint density at radius 2 is 1.96 bits per heavy atom. The van der Waals surface area contributed by atoms with Gasteiger partial charge in [-0.15, -0.1) is 0 Å². The summed E-state index contributed by atoms with van der Waals surface area (Å²) in [5, 5.41) is 9.30. The van der Waals surface area contributed by atoms with Crippen LogP contribution in [0.15, 0.2) is 24.3 Å². The third-order valence-corrected chi connectivity index (χ3v) is 4.92. The number of ether oxygens (including phenoxy) is 1. The second kappa shape index (κ2) is 7.82. The van der Waals surface area contributed by atoms with Crippen molar-refractivity contribution >= 4 is 5.97 Å². The molecule has 3 unspecified atom stereocenters. The standard InChI is InChI=1S/C19H29NO3/c1-12(2)16-9-4-13(3)10-18(16)23-19(22)17(20)11-14-5-7-15(21)8-6-14/h5-8,12-13,16-18,21H,4,9-11,20H2,1-3H3/t13?,16?,17-,18?/m0/s1. The van der Waals surface area contributed by atoms with Crippen LogP contribution in [-0.4, -0.2) is 23.2 Å². The Hall–Kier alpha value is -1.55. The fourth-order valence-corrected chi connectivity index (χ4v) is 3.46. The lowest BCUT2D eigenvalue weighted by molar-refractivity contribution is -0.157. The summed E-state index contributed by atoms with van der Waals surface area (Å²) in [5.41, 5.74) is 6.94. The first-order chi connectivity index (χ1) is 10.9. The lowest BCUT2D eigenvalue weighted by Gasteiger charge is -2.37. The zero-order chi connectivity index (χ0) is 17.0. The van der Waals surface area contributed by atoms with Crippen molar-refractivity contribution in [2.75, 3.05) is 0 Å². The van der Waals surface area contributed by atoms with Crippen molar-refractivity contribution < 1.29 is 14.6 Å². The van der Waals surface area contributed by atoms with Gasteiger partial charge in [0.15, 0.2) is 0 Å². The molecule has 0 spiro atoms. The van der Waals surface area contributed by atoms with Crippen LogP contribution < -0.4 is 5.73 Å². The highest BCUT2D eigenvalue weighted by atomic mass is 16.5. The Kier molecular flexibility index (Phi) is 6.05. The molecule has 1 aliphatic rings. The minimum Gasteiger partial charge on any atom is -0.508 e. The summed E-state index contributed by atoms with van der Waals surface area (Å²) in [7, 11) is 0. The maximum Gasteiger partial charge on any atom is 0.323 e. The molecule has 0 aromatic heterocycles. The molecule has 1 aromatic rings. The molecular formula is C19H29NO3. The van der Waals surface area contributed by atoms with Gasteiger partial charge in [-0.1, -0.05) is 39.3 Å². The maximum atomic E-state index is 12.4. The van der Waals surface area contributed by atoms with Gasteiger partial charge in [-0.2, -0.15) is 0 Å². The van der Waals surface area contributed by atoms with Crippen LogP contribution >= 0.6 is 0 Å². The number of nitrogens with two attached hydrogens (primary N) is 1. The number of carbonyl (C=O) groups is 1.